The van der Waals surface area contributed by atoms with Crippen molar-refractivity contribution in [2.24, 2.45) is 5.73 Å². The highest BCUT2D eigenvalue weighted by Crippen LogP contribution is 2.36. The molecule has 1 aromatic heterocycles. The maximum Gasteiger partial charge on any atom is 0.307 e. The average molecular weight is 276 g/mol. The molecule has 2 aromatic rings. The molecule has 0 aliphatic carbocycles. The summed E-state index contributed by atoms with van der Waals surface area (Å²) in [4.78, 5) is 11.0. The zero-order valence-corrected chi connectivity index (χ0v) is 11.0. The van der Waals surface area contributed by atoms with E-state index in [-0.39, 0.29) is 6.42 Å². The molecule has 1 aromatic carbocycles. The van der Waals surface area contributed by atoms with Crippen LogP contribution in [0.3, 0.4) is 0 Å². The van der Waals surface area contributed by atoms with Gasteiger partial charge < -0.3 is 24.9 Å². The number of carboxylic acids is 1. The van der Waals surface area contributed by atoms with Crippen molar-refractivity contribution in [2.45, 2.75) is 13.0 Å². The fourth-order valence-electron chi connectivity index (χ4n) is 2.53. The monoisotopic (exact) mass is 276 g/mol. The van der Waals surface area contributed by atoms with E-state index in [0.29, 0.717) is 37.8 Å². The van der Waals surface area contributed by atoms with Crippen LogP contribution in [0.25, 0.3) is 10.9 Å². The van der Waals surface area contributed by atoms with E-state index in [0.717, 1.165) is 16.5 Å². The molecular weight excluding hydrogens is 260 g/mol. The Morgan fingerprint density at radius 2 is 2.00 bits per heavy atom. The van der Waals surface area contributed by atoms with Crippen LogP contribution >= 0.6 is 0 Å². The van der Waals surface area contributed by atoms with Crippen molar-refractivity contribution in [3.8, 4) is 11.5 Å². The standard InChI is InChI=1S/C14H16N2O4/c15-1-2-16-8-9(5-14(17)18)10-6-12-13(7-11(10)16)20-4-3-19-12/h6-8H,1-5,15H2,(H,17,18). The number of ether oxygens (including phenoxy) is 2. The minimum absolute atomic E-state index is 0.0201. The first kappa shape index (κ1) is 12.8. The van der Waals surface area contributed by atoms with E-state index >= 15 is 0 Å². The van der Waals surface area contributed by atoms with Crippen LogP contribution in [-0.2, 0) is 17.8 Å². The number of hydrogen-bond donors (Lipinski definition) is 2. The second-order valence-electron chi connectivity index (χ2n) is 4.72. The lowest BCUT2D eigenvalue weighted by Gasteiger charge is -2.18. The van der Waals surface area contributed by atoms with Gasteiger partial charge in [0.1, 0.15) is 13.2 Å². The van der Waals surface area contributed by atoms with Gasteiger partial charge in [-0.15, -0.1) is 0 Å². The summed E-state index contributed by atoms with van der Waals surface area (Å²) in [5, 5.41) is 9.89. The van der Waals surface area contributed by atoms with Crippen LogP contribution in [0.2, 0.25) is 0 Å². The third-order valence-corrected chi connectivity index (χ3v) is 3.34. The van der Waals surface area contributed by atoms with Gasteiger partial charge >= 0.3 is 5.97 Å². The van der Waals surface area contributed by atoms with Gasteiger partial charge in [-0.3, -0.25) is 4.79 Å². The molecule has 1 aliphatic heterocycles. The number of hydrogen-bond acceptors (Lipinski definition) is 4. The normalized spacial score (nSPS) is 13.7. The lowest BCUT2D eigenvalue weighted by atomic mass is 10.1. The van der Waals surface area contributed by atoms with Gasteiger partial charge in [0, 0.05) is 30.7 Å². The fraction of sp³-hybridized carbons (Fsp3) is 0.357. The van der Waals surface area contributed by atoms with Crippen molar-refractivity contribution < 1.29 is 19.4 Å². The first-order chi connectivity index (χ1) is 9.69. The molecule has 3 rings (SSSR count). The summed E-state index contributed by atoms with van der Waals surface area (Å²) in [5.41, 5.74) is 7.30. The van der Waals surface area contributed by atoms with E-state index in [4.69, 9.17) is 20.3 Å². The molecule has 20 heavy (non-hydrogen) atoms. The predicted molar refractivity (Wildman–Crippen MR) is 73.3 cm³/mol. The van der Waals surface area contributed by atoms with E-state index in [9.17, 15) is 4.79 Å². The molecule has 6 nitrogen and oxygen atoms in total. The van der Waals surface area contributed by atoms with Crippen LogP contribution in [-0.4, -0.2) is 35.4 Å². The highest BCUT2D eigenvalue weighted by Gasteiger charge is 2.18. The summed E-state index contributed by atoms with van der Waals surface area (Å²) >= 11 is 0. The fourth-order valence-corrected chi connectivity index (χ4v) is 2.53. The number of aromatic nitrogens is 1. The average Bonchev–Trinajstić information content (AvgIpc) is 2.74. The molecule has 3 N–H and O–H groups in total. The molecular formula is C14H16N2O4. The number of aliphatic carboxylic acids is 1. The topological polar surface area (TPSA) is 86.7 Å². The van der Waals surface area contributed by atoms with E-state index in [1.54, 1.807) is 0 Å². The van der Waals surface area contributed by atoms with Gasteiger partial charge in [-0.2, -0.15) is 0 Å². The SMILES string of the molecule is NCCn1cc(CC(=O)O)c2cc3c(cc21)OCCO3. The number of carbonyl (C=O) groups is 1. The van der Waals surface area contributed by atoms with Gasteiger partial charge in [0.15, 0.2) is 11.5 Å². The van der Waals surface area contributed by atoms with E-state index in [1.165, 1.54) is 0 Å². The molecule has 0 atom stereocenters. The third-order valence-electron chi connectivity index (χ3n) is 3.34. The Labute approximate surface area is 115 Å². The van der Waals surface area contributed by atoms with Crippen LogP contribution < -0.4 is 15.2 Å². The van der Waals surface area contributed by atoms with Gasteiger partial charge in [0.25, 0.3) is 0 Å². The van der Waals surface area contributed by atoms with Gasteiger partial charge in [-0.05, 0) is 11.6 Å². The number of fused-ring (bicyclic) bond motifs is 2. The van der Waals surface area contributed by atoms with Crippen LogP contribution in [0.5, 0.6) is 11.5 Å². The molecule has 0 unspecified atom stereocenters. The lowest BCUT2D eigenvalue weighted by Crippen LogP contribution is -2.15. The molecule has 0 saturated heterocycles. The Hall–Kier alpha value is -2.21. The summed E-state index contributed by atoms with van der Waals surface area (Å²) in [7, 11) is 0. The summed E-state index contributed by atoms with van der Waals surface area (Å²) in [6, 6.07) is 3.75. The maximum absolute atomic E-state index is 11.0. The number of benzene rings is 1. The van der Waals surface area contributed by atoms with Crippen molar-refractivity contribution in [3.63, 3.8) is 0 Å². The van der Waals surface area contributed by atoms with Crippen LogP contribution in [0.4, 0.5) is 0 Å². The highest BCUT2D eigenvalue weighted by molar-refractivity contribution is 5.90. The zero-order valence-electron chi connectivity index (χ0n) is 11.0. The van der Waals surface area contributed by atoms with Crippen LogP contribution in [0, 0.1) is 0 Å². The molecule has 0 spiro atoms. The lowest BCUT2D eigenvalue weighted by molar-refractivity contribution is -0.136. The zero-order chi connectivity index (χ0) is 14.1. The van der Waals surface area contributed by atoms with Gasteiger partial charge in [0.05, 0.1) is 11.9 Å². The predicted octanol–water partition coefficient (Wildman–Crippen LogP) is 0.998. The quantitative estimate of drug-likeness (QED) is 0.870. The Kier molecular flexibility index (Phi) is 3.23. The van der Waals surface area contributed by atoms with Crippen molar-refractivity contribution in [3.05, 3.63) is 23.9 Å². The van der Waals surface area contributed by atoms with Crippen molar-refractivity contribution >= 4 is 16.9 Å². The molecule has 2 heterocycles. The second-order valence-corrected chi connectivity index (χ2v) is 4.72. The molecule has 0 radical (unpaired) electrons. The minimum Gasteiger partial charge on any atom is -0.486 e. The number of rotatable bonds is 4. The first-order valence-corrected chi connectivity index (χ1v) is 6.52. The van der Waals surface area contributed by atoms with Crippen LogP contribution in [0.1, 0.15) is 5.56 Å². The largest absolute Gasteiger partial charge is 0.486 e. The Bertz CT molecular complexity index is 663. The number of carboxylic acid groups (broad SMARTS) is 1. The Morgan fingerprint density at radius 1 is 1.30 bits per heavy atom. The summed E-state index contributed by atoms with van der Waals surface area (Å²) in [6.45, 7) is 2.16. The van der Waals surface area contributed by atoms with Crippen molar-refractivity contribution in [1.82, 2.24) is 4.57 Å². The molecule has 106 valence electrons. The van der Waals surface area contributed by atoms with Gasteiger partial charge in [-0.1, -0.05) is 0 Å². The minimum atomic E-state index is -0.855. The molecule has 0 saturated carbocycles. The second kappa shape index (κ2) is 5.05. The van der Waals surface area contributed by atoms with Gasteiger partial charge in [-0.25, -0.2) is 0 Å². The van der Waals surface area contributed by atoms with Crippen LogP contribution in [0.15, 0.2) is 18.3 Å². The van der Waals surface area contributed by atoms with E-state index in [2.05, 4.69) is 0 Å². The summed E-state index contributed by atoms with van der Waals surface area (Å²) in [5.74, 6) is 0.509. The summed E-state index contributed by atoms with van der Waals surface area (Å²) < 4.78 is 13.1. The maximum atomic E-state index is 11.0. The highest BCUT2D eigenvalue weighted by atomic mass is 16.6. The molecule has 0 amide bonds. The summed E-state index contributed by atoms with van der Waals surface area (Å²) in [6.07, 6.45) is 1.82. The van der Waals surface area contributed by atoms with Crippen molar-refractivity contribution in [1.29, 1.82) is 0 Å². The first-order valence-electron chi connectivity index (χ1n) is 6.52. The molecule has 6 heteroatoms. The van der Waals surface area contributed by atoms with Crippen molar-refractivity contribution in [2.75, 3.05) is 19.8 Å². The smallest absolute Gasteiger partial charge is 0.307 e. The van der Waals surface area contributed by atoms with Gasteiger partial charge in [0.2, 0.25) is 0 Å². The van der Waals surface area contributed by atoms with E-state index < -0.39 is 5.97 Å². The van der Waals surface area contributed by atoms with E-state index in [1.807, 2.05) is 22.9 Å². The number of nitrogens with zero attached hydrogens (tertiary/aromatic N) is 1. The third kappa shape index (κ3) is 2.18. The molecule has 1 aliphatic rings. The molecule has 0 bridgehead atoms. The number of nitrogens with two attached hydrogens (primary N) is 1. The Balaban J connectivity index is 2.16. The molecule has 0 fully saturated rings. The Morgan fingerprint density at radius 3 is 2.65 bits per heavy atom.